The van der Waals surface area contributed by atoms with E-state index in [2.05, 4.69) is 4.72 Å². The van der Waals surface area contributed by atoms with E-state index in [-0.39, 0.29) is 10.6 Å². The van der Waals surface area contributed by atoms with Crippen LogP contribution in [0.15, 0.2) is 41.3 Å². The van der Waals surface area contributed by atoms with Crippen molar-refractivity contribution in [2.24, 2.45) is 0 Å². The fraction of sp³-hybridized carbons (Fsp3) is 0.333. The zero-order valence-corrected chi connectivity index (χ0v) is 16.6. The molecule has 1 unspecified atom stereocenters. The molecule has 0 aliphatic rings. The first-order chi connectivity index (χ1) is 12.3. The summed E-state index contributed by atoms with van der Waals surface area (Å²) in [6.45, 7) is 3.86. The van der Waals surface area contributed by atoms with Gasteiger partial charge in [0.05, 0.1) is 20.8 Å². The Bertz CT molecular complexity index is 870. The molecule has 0 aliphatic carbocycles. The SMILES string of the molecule is CCOc1ccc(Cl)cc1S(=O)(=O)NC(C)c1ccc(OC)c(OC)c1. The average molecular weight is 400 g/mol. The minimum absolute atomic E-state index is 0.000762. The van der Waals surface area contributed by atoms with Crippen LogP contribution in [0.25, 0.3) is 0 Å². The van der Waals surface area contributed by atoms with Gasteiger partial charge in [-0.1, -0.05) is 17.7 Å². The molecule has 2 aromatic rings. The monoisotopic (exact) mass is 399 g/mol. The van der Waals surface area contributed by atoms with Crippen LogP contribution in [0.1, 0.15) is 25.5 Å². The van der Waals surface area contributed by atoms with Gasteiger partial charge >= 0.3 is 0 Å². The first kappa shape index (κ1) is 20.4. The number of benzene rings is 2. The maximum atomic E-state index is 12.8. The fourth-order valence-corrected chi connectivity index (χ4v) is 4.09. The van der Waals surface area contributed by atoms with Crippen molar-refractivity contribution in [1.82, 2.24) is 4.72 Å². The second kappa shape index (κ2) is 8.62. The standard InChI is InChI=1S/C18H22ClNO5S/c1-5-25-16-9-7-14(19)11-18(16)26(21,22)20-12(2)13-6-8-15(23-3)17(10-13)24-4/h6-12,20H,5H2,1-4H3. The van der Waals surface area contributed by atoms with Crippen molar-refractivity contribution in [1.29, 1.82) is 0 Å². The van der Waals surface area contributed by atoms with E-state index in [0.717, 1.165) is 5.56 Å². The van der Waals surface area contributed by atoms with Crippen LogP contribution in [-0.4, -0.2) is 29.2 Å². The third-order valence-corrected chi connectivity index (χ3v) is 5.53. The van der Waals surface area contributed by atoms with Crippen LogP contribution in [0.3, 0.4) is 0 Å². The lowest BCUT2D eigenvalue weighted by atomic mass is 10.1. The maximum absolute atomic E-state index is 12.8. The van der Waals surface area contributed by atoms with Crippen LogP contribution in [0.4, 0.5) is 0 Å². The summed E-state index contributed by atoms with van der Waals surface area (Å²) in [6.07, 6.45) is 0. The Morgan fingerprint density at radius 2 is 1.69 bits per heavy atom. The van der Waals surface area contributed by atoms with Crippen LogP contribution in [0.5, 0.6) is 17.2 Å². The molecule has 0 heterocycles. The zero-order valence-electron chi connectivity index (χ0n) is 15.1. The molecule has 0 amide bonds. The number of hydrogen-bond donors (Lipinski definition) is 1. The number of ether oxygens (including phenoxy) is 3. The van der Waals surface area contributed by atoms with Gasteiger partial charge in [-0.2, -0.15) is 0 Å². The molecule has 0 saturated carbocycles. The van der Waals surface area contributed by atoms with E-state index < -0.39 is 16.1 Å². The third kappa shape index (κ3) is 4.60. The Labute approximate surface area is 159 Å². The Hall–Kier alpha value is -1.96. The van der Waals surface area contributed by atoms with Gasteiger partial charge in [-0.15, -0.1) is 0 Å². The van der Waals surface area contributed by atoms with Gasteiger partial charge in [0.25, 0.3) is 0 Å². The maximum Gasteiger partial charge on any atom is 0.244 e. The highest BCUT2D eigenvalue weighted by atomic mass is 35.5. The van der Waals surface area contributed by atoms with Crippen molar-refractivity contribution in [2.45, 2.75) is 24.8 Å². The zero-order chi connectivity index (χ0) is 19.3. The summed E-state index contributed by atoms with van der Waals surface area (Å²) in [5.41, 5.74) is 0.728. The Balaban J connectivity index is 2.33. The lowest BCUT2D eigenvalue weighted by Crippen LogP contribution is -2.27. The van der Waals surface area contributed by atoms with E-state index in [4.69, 9.17) is 25.8 Å². The smallest absolute Gasteiger partial charge is 0.244 e. The summed E-state index contributed by atoms with van der Waals surface area (Å²) >= 11 is 5.97. The topological polar surface area (TPSA) is 73.9 Å². The number of halogens is 1. The van der Waals surface area contributed by atoms with Crippen molar-refractivity contribution in [3.63, 3.8) is 0 Å². The second-order valence-electron chi connectivity index (χ2n) is 5.48. The van der Waals surface area contributed by atoms with Gasteiger partial charge in [-0.05, 0) is 49.7 Å². The first-order valence-corrected chi connectivity index (χ1v) is 9.85. The van der Waals surface area contributed by atoms with Crippen LogP contribution in [-0.2, 0) is 10.0 Å². The van der Waals surface area contributed by atoms with Crippen molar-refractivity contribution >= 4 is 21.6 Å². The van der Waals surface area contributed by atoms with E-state index in [0.29, 0.717) is 23.1 Å². The van der Waals surface area contributed by atoms with E-state index in [1.54, 1.807) is 44.2 Å². The molecule has 0 aliphatic heterocycles. The lowest BCUT2D eigenvalue weighted by molar-refractivity contribution is 0.331. The summed E-state index contributed by atoms with van der Waals surface area (Å²) in [5, 5.41) is 0.313. The van der Waals surface area contributed by atoms with Gasteiger partial charge in [-0.25, -0.2) is 13.1 Å². The lowest BCUT2D eigenvalue weighted by Gasteiger charge is -2.18. The van der Waals surface area contributed by atoms with Gasteiger partial charge in [0.15, 0.2) is 11.5 Å². The fourth-order valence-electron chi connectivity index (χ4n) is 2.45. The van der Waals surface area contributed by atoms with E-state index >= 15 is 0 Å². The van der Waals surface area contributed by atoms with Crippen LogP contribution >= 0.6 is 11.6 Å². The molecule has 0 radical (unpaired) electrons. The number of nitrogens with one attached hydrogen (secondary N) is 1. The van der Waals surface area contributed by atoms with Gasteiger partial charge in [0.2, 0.25) is 10.0 Å². The average Bonchev–Trinajstić information content (AvgIpc) is 2.62. The normalized spacial score (nSPS) is 12.5. The summed E-state index contributed by atoms with van der Waals surface area (Å²) in [6, 6.07) is 9.22. The molecule has 0 spiro atoms. The molecule has 0 fully saturated rings. The van der Waals surface area contributed by atoms with E-state index in [1.165, 1.54) is 20.3 Å². The Kier molecular flexibility index (Phi) is 6.75. The van der Waals surface area contributed by atoms with Crippen molar-refractivity contribution < 1.29 is 22.6 Å². The highest BCUT2D eigenvalue weighted by Crippen LogP contribution is 2.32. The molecule has 8 heteroatoms. The van der Waals surface area contributed by atoms with Crippen molar-refractivity contribution in [3.8, 4) is 17.2 Å². The summed E-state index contributed by atoms with van der Waals surface area (Å²) in [7, 11) is -0.785. The van der Waals surface area contributed by atoms with E-state index in [1.807, 2.05) is 0 Å². The van der Waals surface area contributed by atoms with Gasteiger partial charge in [0.1, 0.15) is 10.6 Å². The molecule has 0 bridgehead atoms. The first-order valence-electron chi connectivity index (χ1n) is 7.99. The Morgan fingerprint density at radius 1 is 1.04 bits per heavy atom. The number of sulfonamides is 1. The number of hydrogen-bond acceptors (Lipinski definition) is 5. The molecule has 26 heavy (non-hydrogen) atoms. The van der Waals surface area contributed by atoms with Gasteiger partial charge < -0.3 is 14.2 Å². The molecule has 1 N–H and O–H groups in total. The third-order valence-electron chi connectivity index (χ3n) is 3.73. The molecule has 142 valence electrons. The van der Waals surface area contributed by atoms with Crippen LogP contribution in [0, 0.1) is 0 Å². The molecule has 6 nitrogen and oxygen atoms in total. The highest BCUT2D eigenvalue weighted by Gasteiger charge is 2.23. The van der Waals surface area contributed by atoms with Crippen LogP contribution in [0.2, 0.25) is 5.02 Å². The molecule has 0 aromatic heterocycles. The summed E-state index contributed by atoms with van der Waals surface area (Å²) in [4.78, 5) is -0.000762. The number of rotatable bonds is 8. The molecule has 0 saturated heterocycles. The second-order valence-corrected chi connectivity index (χ2v) is 7.60. The summed E-state index contributed by atoms with van der Waals surface area (Å²) in [5.74, 6) is 1.34. The minimum atomic E-state index is -3.85. The summed E-state index contributed by atoms with van der Waals surface area (Å²) < 4.78 is 44.2. The van der Waals surface area contributed by atoms with Crippen molar-refractivity contribution in [2.75, 3.05) is 20.8 Å². The molecule has 1 atom stereocenters. The predicted molar refractivity (Wildman–Crippen MR) is 101 cm³/mol. The van der Waals surface area contributed by atoms with Crippen LogP contribution < -0.4 is 18.9 Å². The molecular weight excluding hydrogens is 378 g/mol. The van der Waals surface area contributed by atoms with Gasteiger partial charge in [-0.3, -0.25) is 0 Å². The quantitative estimate of drug-likeness (QED) is 0.730. The van der Waals surface area contributed by atoms with E-state index in [9.17, 15) is 8.42 Å². The molecule has 2 rings (SSSR count). The highest BCUT2D eigenvalue weighted by molar-refractivity contribution is 7.89. The number of methoxy groups -OCH3 is 2. The predicted octanol–water partition coefficient (Wildman–Crippen LogP) is 3.80. The largest absolute Gasteiger partial charge is 0.493 e. The minimum Gasteiger partial charge on any atom is -0.493 e. The van der Waals surface area contributed by atoms with Crippen molar-refractivity contribution in [3.05, 3.63) is 47.0 Å². The molecule has 2 aromatic carbocycles. The molecular formula is C18H22ClNO5S. The van der Waals surface area contributed by atoms with Gasteiger partial charge in [0, 0.05) is 11.1 Å². The Morgan fingerprint density at radius 3 is 2.31 bits per heavy atom.